The van der Waals surface area contributed by atoms with Gasteiger partial charge in [-0.3, -0.25) is 14.4 Å². The number of para-hydroxylation sites is 1. The lowest BCUT2D eigenvalue weighted by Gasteiger charge is -2.16. The molecule has 4 aromatic carbocycles. The Bertz CT molecular complexity index is 1600. The van der Waals surface area contributed by atoms with E-state index >= 15 is 0 Å². The number of thioether (sulfide) groups is 1. The Kier molecular flexibility index (Phi) is 10.8. The van der Waals surface area contributed by atoms with Gasteiger partial charge in [0.2, 0.25) is 5.91 Å². The van der Waals surface area contributed by atoms with Crippen molar-refractivity contribution in [3.8, 4) is 0 Å². The van der Waals surface area contributed by atoms with Crippen LogP contribution in [0.2, 0.25) is 0 Å². The number of hydrogen-bond donors (Lipinski definition) is 3. The topological polar surface area (TPSA) is 87.3 Å². The van der Waals surface area contributed by atoms with E-state index in [1.165, 1.54) is 11.8 Å². The molecular formula is C34H32BrN3O3S. The molecule has 0 fully saturated rings. The molecule has 42 heavy (non-hydrogen) atoms. The number of halogens is 1. The molecule has 3 amide bonds. The molecule has 0 saturated heterocycles. The number of aryl methyl sites for hydroxylation is 2. The van der Waals surface area contributed by atoms with Crippen molar-refractivity contribution in [1.29, 1.82) is 0 Å². The lowest BCUT2D eigenvalue weighted by Crippen LogP contribution is -2.30. The number of rotatable bonds is 10. The van der Waals surface area contributed by atoms with Crippen molar-refractivity contribution in [2.24, 2.45) is 0 Å². The molecule has 0 aromatic heterocycles. The van der Waals surface area contributed by atoms with Crippen LogP contribution in [0, 0.1) is 6.92 Å². The van der Waals surface area contributed by atoms with Gasteiger partial charge in [-0.2, -0.15) is 0 Å². The molecule has 0 heterocycles. The summed E-state index contributed by atoms with van der Waals surface area (Å²) in [5.41, 5.74) is 4.87. The highest BCUT2D eigenvalue weighted by atomic mass is 79.9. The first kappa shape index (κ1) is 30.8. The van der Waals surface area contributed by atoms with Gasteiger partial charge in [-0.15, -0.1) is 11.8 Å². The van der Waals surface area contributed by atoms with E-state index in [0.29, 0.717) is 11.3 Å². The molecule has 0 aliphatic rings. The molecule has 0 bridgehead atoms. The summed E-state index contributed by atoms with van der Waals surface area (Å²) >= 11 is 4.88. The summed E-state index contributed by atoms with van der Waals surface area (Å²) in [6, 6.07) is 29.4. The third-order valence-corrected chi connectivity index (χ3v) is 8.08. The highest BCUT2D eigenvalue weighted by Gasteiger charge is 2.18. The van der Waals surface area contributed by atoms with Crippen molar-refractivity contribution in [3.63, 3.8) is 0 Å². The van der Waals surface area contributed by atoms with E-state index in [4.69, 9.17) is 0 Å². The molecule has 0 spiro atoms. The molecule has 6 nitrogen and oxygen atoms in total. The van der Waals surface area contributed by atoms with Gasteiger partial charge in [-0.1, -0.05) is 71.4 Å². The predicted octanol–water partition coefficient (Wildman–Crippen LogP) is 7.85. The number of carbonyl (C=O) groups is 3. The average molecular weight is 643 g/mol. The quantitative estimate of drug-likeness (QED) is 0.122. The molecular weight excluding hydrogens is 610 g/mol. The third kappa shape index (κ3) is 8.44. The van der Waals surface area contributed by atoms with Crippen LogP contribution in [0.1, 0.15) is 40.9 Å². The monoisotopic (exact) mass is 641 g/mol. The van der Waals surface area contributed by atoms with Gasteiger partial charge in [0.15, 0.2) is 0 Å². The second-order valence-corrected chi connectivity index (χ2v) is 12.0. The van der Waals surface area contributed by atoms with Crippen LogP contribution in [-0.4, -0.2) is 23.0 Å². The largest absolute Gasteiger partial charge is 0.325 e. The summed E-state index contributed by atoms with van der Waals surface area (Å²) in [5, 5.41) is 8.37. The Hall–Kier alpha value is -4.14. The minimum absolute atomic E-state index is 0.0714. The van der Waals surface area contributed by atoms with Gasteiger partial charge in [-0.05, 0) is 91.6 Å². The van der Waals surface area contributed by atoms with Gasteiger partial charge < -0.3 is 16.0 Å². The fourth-order valence-corrected chi connectivity index (χ4v) is 5.49. The Morgan fingerprint density at radius 2 is 1.60 bits per heavy atom. The summed E-state index contributed by atoms with van der Waals surface area (Å²) in [7, 11) is 0. The molecule has 3 N–H and O–H groups in total. The fraction of sp³-hybridized carbons (Fsp3) is 0.147. The van der Waals surface area contributed by atoms with Crippen molar-refractivity contribution in [3.05, 3.63) is 129 Å². The first-order valence-electron chi connectivity index (χ1n) is 13.5. The maximum Gasteiger partial charge on any atom is 0.272 e. The van der Waals surface area contributed by atoms with E-state index in [2.05, 4.69) is 38.8 Å². The maximum atomic E-state index is 13.3. The van der Waals surface area contributed by atoms with Gasteiger partial charge in [0.1, 0.15) is 5.70 Å². The highest BCUT2D eigenvalue weighted by Crippen LogP contribution is 2.28. The lowest BCUT2D eigenvalue weighted by molar-refractivity contribution is -0.115. The Morgan fingerprint density at radius 3 is 2.29 bits per heavy atom. The molecule has 0 saturated carbocycles. The summed E-state index contributed by atoms with van der Waals surface area (Å²) in [4.78, 5) is 40.0. The van der Waals surface area contributed by atoms with Gasteiger partial charge in [0.25, 0.3) is 11.8 Å². The third-order valence-electron chi connectivity index (χ3n) is 6.47. The Morgan fingerprint density at radius 1 is 0.881 bits per heavy atom. The zero-order valence-corrected chi connectivity index (χ0v) is 26.0. The minimum atomic E-state index is -0.461. The lowest BCUT2D eigenvalue weighted by atomic mass is 10.1. The van der Waals surface area contributed by atoms with Crippen molar-refractivity contribution in [2.75, 3.05) is 10.6 Å². The minimum Gasteiger partial charge on any atom is -0.325 e. The first-order valence-corrected chi connectivity index (χ1v) is 15.2. The molecule has 1 unspecified atom stereocenters. The van der Waals surface area contributed by atoms with E-state index in [1.807, 2.05) is 74.5 Å². The molecule has 8 heteroatoms. The molecule has 0 radical (unpaired) electrons. The molecule has 214 valence electrons. The van der Waals surface area contributed by atoms with Crippen molar-refractivity contribution < 1.29 is 14.4 Å². The zero-order chi connectivity index (χ0) is 30.1. The van der Waals surface area contributed by atoms with Gasteiger partial charge in [0.05, 0.1) is 5.25 Å². The summed E-state index contributed by atoms with van der Waals surface area (Å²) in [6.45, 7) is 5.93. The molecule has 0 aliphatic heterocycles. The standard InChI is InChI=1S/C34H32BrN3O3S/c1-4-25-14-8-10-22(2)31(25)38-32(39)23(3)42-29-18-16-28(17-19-29)36-34(41)30(21-24-11-9-15-27(35)20-24)37-33(40)26-12-6-5-7-13-26/h5-21,23H,4H2,1-3H3,(H,36,41)(H,37,40)(H,38,39)/b30-21-. The molecule has 4 rings (SSSR count). The number of anilines is 2. The molecule has 0 aliphatic carbocycles. The SMILES string of the molecule is CCc1cccc(C)c1NC(=O)C(C)Sc1ccc(NC(=O)/C(=C/c2cccc(Br)c2)NC(=O)c2ccccc2)cc1. The van der Waals surface area contributed by atoms with E-state index < -0.39 is 5.91 Å². The van der Waals surface area contributed by atoms with Crippen LogP contribution in [0.5, 0.6) is 0 Å². The van der Waals surface area contributed by atoms with Crippen LogP contribution in [0.25, 0.3) is 6.08 Å². The maximum absolute atomic E-state index is 13.3. The fourth-order valence-electron chi connectivity index (χ4n) is 4.21. The first-order chi connectivity index (χ1) is 20.2. The van der Waals surface area contributed by atoms with Crippen LogP contribution >= 0.6 is 27.7 Å². The van der Waals surface area contributed by atoms with Crippen LogP contribution in [0.15, 0.2) is 112 Å². The Labute approximate surface area is 259 Å². The number of carbonyl (C=O) groups excluding carboxylic acids is 3. The Balaban J connectivity index is 1.44. The van der Waals surface area contributed by atoms with Gasteiger partial charge in [0, 0.05) is 26.3 Å². The number of hydrogen-bond acceptors (Lipinski definition) is 4. The zero-order valence-electron chi connectivity index (χ0n) is 23.6. The van der Waals surface area contributed by atoms with E-state index in [1.54, 1.807) is 42.5 Å². The number of amides is 3. The van der Waals surface area contributed by atoms with E-state index in [0.717, 1.165) is 38.2 Å². The van der Waals surface area contributed by atoms with Gasteiger partial charge >= 0.3 is 0 Å². The summed E-state index contributed by atoms with van der Waals surface area (Å²) < 4.78 is 0.853. The van der Waals surface area contributed by atoms with Crippen LogP contribution in [0.3, 0.4) is 0 Å². The second kappa shape index (κ2) is 14.7. The number of nitrogens with one attached hydrogen (secondary N) is 3. The van der Waals surface area contributed by atoms with Gasteiger partial charge in [-0.25, -0.2) is 0 Å². The van der Waals surface area contributed by atoms with Crippen LogP contribution in [0.4, 0.5) is 11.4 Å². The normalized spacial score (nSPS) is 11.9. The van der Waals surface area contributed by atoms with Crippen LogP contribution in [-0.2, 0) is 16.0 Å². The smallest absolute Gasteiger partial charge is 0.272 e. The second-order valence-electron chi connectivity index (χ2n) is 9.62. The summed E-state index contributed by atoms with van der Waals surface area (Å²) in [5.74, 6) is -0.919. The average Bonchev–Trinajstić information content (AvgIpc) is 2.99. The van der Waals surface area contributed by atoms with Crippen molar-refractivity contribution >= 4 is 62.9 Å². The van der Waals surface area contributed by atoms with E-state index in [9.17, 15) is 14.4 Å². The van der Waals surface area contributed by atoms with Crippen molar-refractivity contribution in [2.45, 2.75) is 37.3 Å². The summed E-state index contributed by atoms with van der Waals surface area (Å²) in [6.07, 6.45) is 2.46. The van der Waals surface area contributed by atoms with Crippen LogP contribution < -0.4 is 16.0 Å². The predicted molar refractivity (Wildman–Crippen MR) is 176 cm³/mol. The molecule has 1 atom stereocenters. The van der Waals surface area contributed by atoms with E-state index in [-0.39, 0.29) is 22.8 Å². The number of benzene rings is 4. The molecule has 4 aromatic rings. The highest BCUT2D eigenvalue weighted by molar-refractivity contribution is 9.10. The van der Waals surface area contributed by atoms with Crippen molar-refractivity contribution in [1.82, 2.24) is 5.32 Å².